The van der Waals surface area contributed by atoms with E-state index in [1.54, 1.807) is 0 Å². The molecular weight excluding hydrogens is 511 g/mol. The van der Waals surface area contributed by atoms with Crippen molar-refractivity contribution in [2.75, 3.05) is 0 Å². The number of hydrogen-bond acceptors (Lipinski definition) is 2. The molecule has 2 aliphatic carbocycles. The molecule has 2 fully saturated rings. The number of ether oxygens (including phenoxy) is 2. The van der Waals surface area contributed by atoms with Gasteiger partial charge in [0, 0.05) is 11.6 Å². The van der Waals surface area contributed by atoms with Crippen molar-refractivity contribution in [2.45, 2.75) is 103 Å². The Bertz CT molecular complexity index is 1020. The summed E-state index contributed by atoms with van der Waals surface area (Å²) in [5, 5.41) is 0. The van der Waals surface area contributed by atoms with Gasteiger partial charge in [-0.3, -0.25) is 0 Å². The van der Waals surface area contributed by atoms with E-state index in [4.69, 9.17) is 4.74 Å². The first kappa shape index (κ1) is 29.7. The van der Waals surface area contributed by atoms with E-state index >= 15 is 4.39 Å². The van der Waals surface area contributed by atoms with E-state index in [-0.39, 0.29) is 23.5 Å². The standard InChI is InChI=1S/C32H40F5O2/c1-2-3-4-5-22-6-11-24(12-7-22)25-13-8-23(9-14-25)10-19-28-29(33)20-21-30(31(28)34)38-26-15-17-27(18-16-26)39-32(35,36)37/h15-18,20,22-25H,2-14,19H2,1H3/t22-,23?,24-,25?. The Labute approximate surface area is 229 Å². The first-order chi connectivity index (χ1) is 18.7. The van der Waals surface area contributed by atoms with Gasteiger partial charge in [0.2, 0.25) is 0 Å². The average molecular weight is 552 g/mol. The van der Waals surface area contributed by atoms with Crippen molar-refractivity contribution in [2.24, 2.45) is 23.7 Å². The number of alkyl halides is 3. The van der Waals surface area contributed by atoms with Crippen LogP contribution in [-0.2, 0) is 6.42 Å². The van der Waals surface area contributed by atoms with Crippen molar-refractivity contribution < 1.29 is 31.4 Å². The molecular formula is C32H40F5O2. The van der Waals surface area contributed by atoms with Crippen LogP contribution in [0.3, 0.4) is 0 Å². The Morgan fingerprint density at radius 2 is 1.36 bits per heavy atom. The minimum atomic E-state index is -4.81. The lowest BCUT2D eigenvalue weighted by atomic mass is 9.68. The third-order valence-electron chi connectivity index (χ3n) is 8.83. The summed E-state index contributed by atoms with van der Waals surface area (Å²) in [6.45, 7) is 2.26. The lowest BCUT2D eigenvalue weighted by Gasteiger charge is -2.38. The van der Waals surface area contributed by atoms with Gasteiger partial charge in [-0.1, -0.05) is 58.3 Å². The largest absolute Gasteiger partial charge is 0.573 e. The van der Waals surface area contributed by atoms with E-state index in [1.807, 2.05) is 0 Å². The predicted octanol–water partition coefficient (Wildman–Crippen LogP) is 10.6. The molecule has 2 aromatic carbocycles. The van der Waals surface area contributed by atoms with Gasteiger partial charge in [-0.15, -0.1) is 13.2 Å². The molecule has 0 unspecified atom stereocenters. The number of rotatable bonds is 11. The second-order valence-electron chi connectivity index (χ2n) is 11.5. The smallest absolute Gasteiger partial charge is 0.454 e. The van der Waals surface area contributed by atoms with Crippen LogP contribution in [0.2, 0.25) is 0 Å². The minimum absolute atomic E-state index is 0.0238. The van der Waals surface area contributed by atoms with Crippen LogP contribution in [0.25, 0.3) is 0 Å². The summed E-state index contributed by atoms with van der Waals surface area (Å²) < 4.78 is 76.0. The molecule has 0 aromatic heterocycles. The number of unbranched alkanes of at least 4 members (excludes halogenated alkanes) is 2. The lowest BCUT2D eigenvalue weighted by Crippen LogP contribution is -2.26. The molecule has 7 heteroatoms. The third-order valence-corrected chi connectivity index (χ3v) is 8.83. The summed E-state index contributed by atoms with van der Waals surface area (Å²) >= 11 is 0. The number of hydrogen-bond donors (Lipinski definition) is 0. The highest BCUT2D eigenvalue weighted by molar-refractivity contribution is 5.38. The fraction of sp³-hybridized carbons (Fsp3) is 0.625. The molecule has 0 N–H and O–H groups in total. The first-order valence-corrected chi connectivity index (χ1v) is 14.6. The van der Waals surface area contributed by atoms with Crippen LogP contribution in [0.1, 0.15) is 96.0 Å². The van der Waals surface area contributed by atoms with Gasteiger partial charge in [0.05, 0.1) is 0 Å². The fourth-order valence-electron chi connectivity index (χ4n) is 6.58. The maximum absolute atomic E-state index is 15.1. The van der Waals surface area contributed by atoms with E-state index in [9.17, 15) is 17.6 Å². The van der Waals surface area contributed by atoms with E-state index in [1.165, 1.54) is 76.3 Å². The number of halogens is 5. The van der Waals surface area contributed by atoms with E-state index < -0.39 is 23.7 Å². The van der Waals surface area contributed by atoms with Crippen molar-refractivity contribution in [3.8, 4) is 17.2 Å². The monoisotopic (exact) mass is 551 g/mol. The highest BCUT2D eigenvalue weighted by Gasteiger charge is 2.32. The zero-order valence-corrected chi connectivity index (χ0v) is 22.8. The molecule has 1 radical (unpaired) electrons. The summed E-state index contributed by atoms with van der Waals surface area (Å²) in [5.41, 5.74) is -0.0238. The Morgan fingerprint density at radius 1 is 0.795 bits per heavy atom. The Kier molecular flexibility index (Phi) is 10.5. The van der Waals surface area contributed by atoms with Crippen molar-refractivity contribution in [1.82, 2.24) is 0 Å². The fourth-order valence-corrected chi connectivity index (χ4v) is 6.58. The summed E-state index contributed by atoms with van der Waals surface area (Å²) in [6.07, 6.45) is 11.7. The van der Waals surface area contributed by atoms with Gasteiger partial charge < -0.3 is 9.47 Å². The van der Waals surface area contributed by atoms with Gasteiger partial charge in [-0.2, -0.15) is 0 Å². The number of benzene rings is 2. The minimum Gasteiger partial charge on any atom is -0.454 e. The van der Waals surface area contributed by atoms with E-state index in [0.29, 0.717) is 5.92 Å². The summed E-state index contributed by atoms with van der Waals surface area (Å²) in [5.74, 6) is 0.980. The highest BCUT2D eigenvalue weighted by atomic mass is 19.4. The van der Waals surface area contributed by atoms with Gasteiger partial charge in [0.15, 0.2) is 11.6 Å². The first-order valence-electron chi connectivity index (χ1n) is 14.6. The average Bonchev–Trinajstić information content (AvgIpc) is 2.91. The van der Waals surface area contributed by atoms with Crippen LogP contribution < -0.4 is 9.47 Å². The molecule has 2 saturated carbocycles. The zero-order chi connectivity index (χ0) is 27.8. The topological polar surface area (TPSA) is 18.5 Å². The molecule has 0 amide bonds. The summed E-state index contributed by atoms with van der Waals surface area (Å²) in [7, 11) is 0. The van der Waals surface area contributed by atoms with Gasteiger partial charge in [0.1, 0.15) is 17.3 Å². The maximum atomic E-state index is 15.1. The molecule has 39 heavy (non-hydrogen) atoms. The van der Waals surface area contributed by atoms with Crippen molar-refractivity contribution in [3.05, 3.63) is 53.6 Å². The summed E-state index contributed by atoms with van der Waals surface area (Å²) in [4.78, 5) is 0. The highest BCUT2D eigenvalue weighted by Crippen LogP contribution is 2.43. The third kappa shape index (κ3) is 8.84. The van der Waals surface area contributed by atoms with Crippen LogP contribution >= 0.6 is 0 Å². The molecule has 0 saturated heterocycles. The Morgan fingerprint density at radius 3 is 1.92 bits per heavy atom. The molecule has 0 bridgehead atoms. The van der Waals surface area contributed by atoms with Gasteiger partial charge in [0.25, 0.3) is 0 Å². The maximum Gasteiger partial charge on any atom is 0.573 e. The summed E-state index contributed by atoms with van der Waals surface area (Å²) in [6, 6.07) is 8.12. The predicted molar refractivity (Wildman–Crippen MR) is 142 cm³/mol. The van der Waals surface area contributed by atoms with Crippen molar-refractivity contribution in [3.63, 3.8) is 0 Å². The van der Waals surface area contributed by atoms with Crippen LogP contribution in [0.5, 0.6) is 17.2 Å². The van der Waals surface area contributed by atoms with Crippen LogP contribution in [0.4, 0.5) is 22.0 Å². The van der Waals surface area contributed by atoms with Crippen LogP contribution in [0.15, 0.2) is 30.3 Å². The van der Waals surface area contributed by atoms with Gasteiger partial charge in [-0.25, -0.2) is 8.78 Å². The molecule has 215 valence electrons. The zero-order valence-electron chi connectivity index (χ0n) is 22.8. The molecule has 0 atom stereocenters. The molecule has 2 nitrogen and oxygen atoms in total. The molecule has 2 aromatic rings. The van der Waals surface area contributed by atoms with E-state index in [0.717, 1.165) is 55.2 Å². The second kappa shape index (κ2) is 13.8. The van der Waals surface area contributed by atoms with E-state index in [2.05, 4.69) is 17.7 Å². The normalized spacial score (nSPS) is 23.9. The van der Waals surface area contributed by atoms with Gasteiger partial charge in [-0.05, 0) is 92.5 Å². The van der Waals surface area contributed by atoms with Crippen LogP contribution in [-0.4, -0.2) is 6.36 Å². The molecule has 0 spiro atoms. The van der Waals surface area contributed by atoms with Crippen LogP contribution in [0, 0.1) is 41.4 Å². The molecule has 2 aliphatic rings. The second-order valence-corrected chi connectivity index (χ2v) is 11.5. The quantitative estimate of drug-likeness (QED) is 0.204. The molecule has 4 rings (SSSR count). The Balaban J connectivity index is 1.24. The SMILES string of the molecule is CCCCC[C@H]1CC[C@H](C2CCC(CCc3c(F)c[c]c(Oc4ccc(OC(F)(F)F)cc4)c3F)CC2)CC1. The van der Waals surface area contributed by atoms with Crippen molar-refractivity contribution >= 4 is 0 Å². The van der Waals surface area contributed by atoms with Crippen molar-refractivity contribution in [1.29, 1.82) is 0 Å². The Hall–Kier alpha value is -2.31. The molecule has 0 aliphatic heterocycles. The molecule has 0 heterocycles. The lowest BCUT2D eigenvalue weighted by molar-refractivity contribution is -0.274. The van der Waals surface area contributed by atoms with Gasteiger partial charge >= 0.3 is 6.36 Å².